The first-order valence-electron chi connectivity index (χ1n) is 6.93. The van der Waals surface area contributed by atoms with Crippen molar-refractivity contribution < 1.29 is 4.21 Å². The molecule has 1 saturated heterocycles. The molecule has 2 aliphatic rings. The van der Waals surface area contributed by atoms with Gasteiger partial charge in [-0.05, 0) is 38.1 Å². The Morgan fingerprint density at radius 1 is 0.938 bits per heavy atom. The third-order valence-corrected chi connectivity index (χ3v) is 5.44. The van der Waals surface area contributed by atoms with Gasteiger partial charge >= 0.3 is 0 Å². The van der Waals surface area contributed by atoms with Gasteiger partial charge in [-0.25, -0.2) is 0 Å². The molecule has 2 nitrogen and oxygen atoms in total. The van der Waals surface area contributed by atoms with Crippen molar-refractivity contribution in [2.24, 2.45) is 5.92 Å². The summed E-state index contributed by atoms with van der Waals surface area (Å²) < 4.78 is 11.2. The predicted octanol–water partition coefficient (Wildman–Crippen LogP) is 2.46. The van der Waals surface area contributed by atoms with E-state index in [0.717, 1.165) is 30.3 Å². The number of hydrogen-bond donors (Lipinski definition) is 1. The molecular formula is C13H25NOS. The maximum absolute atomic E-state index is 11.2. The molecule has 0 atom stereocenters. The van der Waals surface area contributed by atoms with Crippen LogP contribution in [0.2, 0.25) is 0 Å². The predicted molar refractivity (Wildman–Crippen MR) is 70.1 cm³/mol. The van der Waals surface area contributed by atoms with E-state index >= 15 is 0 Å². The van der Waals surface area contributed by atoms with Crippen LogP contribution in [-0.4, -0.2) is 28.3 Å². The fraction of sp³-hybridized carbons (Fsp3) is 1.00. The minimum absolute atomic E-state index is 0.512. The highest BCUT2D eigenvalue weighted by atomic mass is 32.2. The molecule has 1 aliphatic heterocycles. The average Bonchev–Trinajstić information content (AvgIpc) is 2.57. The molecule has 0 radical (unpaired) electrons. The third-order valence-electron chi connectivity index (χ3n) is 4.06. The zero-order valence-corrected chi connectivity index (χ0v) is 11.1. The largest absolute Gasteiger partial charge is 0.314 e. The Kier molecular flexibility index (Phi) is 5.30. The molecule has 1 aliphatic carbocycles. The molecule has 16 heavy (non-hydrogen) atoms. The van der Waals surface area contributed by atoms with Crippen LogP contribution in [-0.2, 0) is 10.8 Å². The first-order chi connectivity index (χ1) is 7.84. The fourth-order valence-corrected chi connectivity index (χ4v) is 4.20. The van der Waals surface area contributed by atoms with E-state index in [-0.39, 0.29) is 0 Å². The van der Waals surface area contributed by atoms with Crippen molar-refractivity contribution in [3.63, 3.8) is 0 Å². The van der Waals surface area contributed by atoms with E-state index in [4.69, 9.17) is 0 Å². The van der Waals surface area contributed by atoms with Gasteiger partial charge in [0.1, 0.15) is 0 Å². The Hall–Kier alpha value is 0.110. The van der Waals surface area contributed by atoms with E-state index < -0.39 is 10.8 Å². The van der Waals surface area contributed by atoms with Crippen molar-refractivity contribution in [3.8, 4) is 0 Å². The van der Waals surface area contributed by atoms with Gasteiger partial charge in [0, 0.05) is 28.3 Å². The van der Waals surface area contributed by atoms with Crippen molar-refractivity contribution in [3.05, 3.63) is 0 Å². The van der Waals surface area contributed by atoms with Gasteiger partial charge in [0.15, 0.2) is 0 Å². The molecule has 3 heteroatoms. The highest BCUT2D eigenvalue weighted by molar-refractivity contribution is 7.85. The van der Waals surface area contributed by atoms with Gasteiger partial charge < -0.3 is 5.32 Å². The van der Waals surface area contributed by atoms with Crippen molar-refractivity contribution >= 4 is 10.8 Å². The van der Waals surface area contributed by atoms with Crippen LogP contribution in [0.1, 0.15) is 51.4 Å². The minimum Gasteiger partial charge on any atom is -0.314 e. The van der Waals surface area contributed by atoms with E-state index in [0.29, 0.717) is 6.04 Å². The molecular weight excluding hydrogens is 218 g/mol. The summed E-state index contributed by atoms with van der Waals surface area (Å²) >= 11 is 0. The van der Waals surface area contributed by atoms with Crippen molar-refractivity contribution in [1.29, 1.82) is 0 Å². The summed E-state index contributed by atoms with van der Waals surface area (Å²) in [6, 6.07) is 0.654. The second-order valence-corrected chi connectivity index (χ2v) is 7.08. The summed E-state index contributed by atoms with van der Waals surface area (Å²) in [5, 5.41) is 3.71. The lowest BCUT2D eigenvalue weighted by atomic mass is 9.99. The third kappa shape index (κ3) is 4.17. The summed E-state index contributed by atoms with van der Waals surface area (Å²) in [4.78, 5) is 0. The molecule has 94 valence electrons. The Balaban J connectivity index is 1.64. The van der Waals surface area contributed by atoms with Crippen LogP contribution in [0.5, 0.6) is 0 Å². The van der Waals surface area contributed by atoms with Crippen molar-refractivity contribution in [1.82, 2.24) is 5.32 Å². The van der Waals surface area contributed by atoms with E-state index in [1.807, 2.05) is 0 Å². The van der Waals surface area contributed by atoms with Crippen LogP contribution in [0.25, 0.3) is 0 Å². The van der Waals surface area contributed by atoms with Crippen molar-refractivity contribution in [2.75, 3.05) is 18.1 Å². The Labute approximate surface area is 102 Å². The van der Waals surface area contributed by atoms with Crippen molar-refractivity contribution in [2.45, 2.75) is 57.4 Å². The Bertz CT molecular complexity index is 214. The highest BCUT2D eigenvalue weighted by Gasteiger charge is 2.19. The molecule has 1 saturated carbocycles. The van der Waals surface area contributed by atoms with Crippen LogP contribution in [0.4, 0.5) is 0 Å². The zero-order chi connectivity index (χ0) is 11.2. The van der Waals surface area contributed by atoms with E-state index in [1.165, 1.54) is 45.1 Å². The van der Waals surface area contributed by atoms with Crippen LogP contribution in [0.15, 0.2) is 0 Å². The zero-order valence-electron chi connectivity index (χ0n) is 10.2. The second kappa shape index (κ2) is 6.75. The first kappa shape index (κ1) is 12.6. The van der Waals surface area contributed by atoms with Crippen LogP contribution >= 0.6 is 0 Å². The molecule has 0 spiro atoms. The topological polar surface area (TPSA) is 29.1 Å². The summed E-state index contributed by atoms with van der Waals surface area (Å²) in [6.45, 7) is 1.21. The molecule has 0 aromatic carbocycles. The smallest absolute Gasteiger partial charge is 0.0249 e. The lowest BCUT2D eigenvalue weighted by molar-refractivity contribution is 0.378. The van der Waals surface area contributed by atoms with E-state index in [1.54, 1.807) is 0 Å². The fourth-order valence-electron chi connectivity index (χ4n) is 2.90. The molecule has 1 N–H and O–H groups in total. The molecule has 2 rings (SSSR count). The van der Waals surface area contributed by atoms with Crippen LogP contribution < -0.4 is 5.32 Å². The van der Waals surface area contributed by atoms with Gasteiger partial charge in [0.2, 0.25) is 0 Å². The van der Waals surface area contributed by atoms with E-state index in [2.05, 4.69) is 5.32 Å². The maximum atomic E-state index is 11.2. The van der Waals surface area contributed by atoms with Gasteiger partial charge in [0.25, 0.3) is 0 Å². The lowest BCUT2D eigenvalue weighted by Crippen LogP contribution is -2.38. The molecule has 0 aromatic rings. The molecule has 0 unspecified atom stereocenters. The second-order valence-electron chi connectivity index (χ2n) is 5.39. The quantitative estimate of drug-likeness (QED) is 0.772. The van der Waals surface area contributed by atoms with E-state index in [9.17, 15) is 4.21 Å². The average molecular weight is 243 g/mol. The molecule has 0 bridgehead atoms. The number of nitrogens with one attached hydrogen (secondary N) is 1. The molecule has 2 fully saturated rings. The molecule has 1 heterocycles. The highest BCUT2D eigenvalue weighted by Crippen LogP contribution is 2.22. The maximum Gasteiger partial charge on any atom is 0.0249 e. The lowest BCUT2D eigenvalue weighted by Gasteiger charge is -2.25. The summed E-state index contributed by atoms with van der Waals surface area (Å²) in [5.41, 5.74) is 0. The summed E-state index contributed by atoms with van der Waals surface area (Å²) in [6.07, 6.45) is 10.8. The van der Waals surface area contributed by atoms with Gasteiger partial charge in [-0.3, -0.25) is 4.21 Å². The first-order valence-corrected chi connectivity index (χ1v) is 8.42. The van der Waals surface area contributed by atoms with Gasteiger partial charge in [-0.1, -0.05) is 25.7 Å². The number of rotatable bonds is 3. The van der Waals surface area contributed by atoms with Gasteiger partial charge in [0.05, 0.1) is 0 Å². The monoisotopic (exact) mass is 243 g/mol. The minimum atomic E-state index is -0.512. The SMILES string of the molecule is O=S1CCC(NCC2CCCCCC2)CC1. The number of hydrogen-bond acceptors (Lipinski definition) is 2. The Morgan fingerprint density at radius 2 is 1.56 bits per heavy atom. The summed E-state index contributed by atoms with van der Waals surface area (Å²) in [5.74, 6) is 2.75. The molecule has 0 amide bonds. The summed E-state index contributed by atoms with van der Waals surface area (Å²) in [7, 11) is -0.512. The van der Waals surface area contributed by atoms with Crippen LogP contribution in [0.3, 0.4) is 0 Å². The Morgan fingerprint density at radius 3 is 2.19 bits per heavy atom. The normalized spacial score (nSPS) is 33.5. The molecule has 0 aromatic heterocycles. The van der Waals surface area contributed by atoms with Gasteiger partial charge in [-0.15, -0.1) is 0 Å². The van der Waals surface area contributed by atoms with Crippen LogP contribution in [0, 0.1) is 5.92 Å². The standard InChI is InChI=1S/C13H25NOS/c15-16-9-7-13(8-10-16)14-11-12-5-3-1-2-4-6-12/h12-14H,1-11H2. The van der Waals surface area contributed by atoms with Gasteiger partial charge in [-0.2, -0.15) is 0 Å².